The third-order valence-electron chi connectivity index (χ3n) is 4.00. The van der Waals surface area contributed by atoms with E-state index in [1.54, 1.807) is 4.90 Å². The second-order valence-electron chi connectivity index (χ2n) is 5.24. The summed E-state index contributed by atoms with van der Waals surface area (Å²) in [5, 5.41) is 7.78. The van der Waals surface area contributed by atoms with Crippen molar-refractivity contribution in [2.24, 2.45) is 0 Å². The van der Waals surface area contributed by atoms with Crippen LogP contribution < -0.4 is 16.0 Å². The molecule has 0 radical (unpaired) electrons. The minimum atomic E-state index is -0.909. The van der Waals surface area contributed by atoms with Crippen molar-refractivity contribution in [3.05, 3.63) is 0 Å². The van der Waals surface area contributed by atoms with Crippen LogP contribution in [-0.2, 0) is 4.79 Å². The van der Waals surface area contributed by atoms with Crippen LogP contribution in [0, 0.1) is 0 Å². The van der Waals surface area contributed by atoms with E-state index in [4.69, 9.17) is 0 Å². The van der Waals surface area contributed by atoms with Crippen molar-refractivity contribution < 1.29 is 14.4 Å². The fourth-order valence-electron chi connectivity index (χ4n) is 2.62. The third kappa shape index (κ3) is 1.70. The maximum atomic E-state index is 11.9. The molecule has 3 N–H and O–H groups in total. The number of likely N-dealkylation sites (tertiary alicyclic amines) is 1. The molecule has 3 rings (SSSR count). The molecule has 1 saturated carbocycles. The normalized spacial score (nSPS) is 31.2. The van der Waals surface area contributed by atoms with E-state index in [1.807, 2.05) is 0 Å². The highest BCUT2D eigenvalue weighted by Gasteiger charge is 2.51. The van der Waals surface area contributed by atoms with Gasteiger partial charge >= 0.3 is 12.1 Å². The summed E-state index contributed by atoms with van der Waals surface area (Å²) in [5.74, 6) is -0.327. The summed E-state index contributed by atoms with van der Waals surface area (Å²) in [5.41, 5.74) is -0.909. The highest BCUT2D eigenvalue weighted by Crippen LogP contribution is 2.25. The number of imide groups is 1. The van der Waals surface area contributed by atoms with Gasteiger partial charge in [0.2, 0.25) is 0 Å². The third-order valence-corrected chi connectivity index (χ3v) is 4.00. The van der Waals surface area contributed by atoms with E-state index < -0.39 is 11.6 Å². The number of nitrogens with zero attached hydrogens (tertiary/aromatic N) is 1. The zero-order chi connectivity index (χ0) is 12.8. The van der Waals surface area contributed by atoms with Crippen LogP contribution in [0.3, 0.4) is 0 Å². The van der Waals surface area contributed by atoms with Crippen LogP contribution in [0.2, 0.25) is 0 Å². The lowest BCUT2D eigenvalue weighted by Crippen LogP contribution is -2.52. The summed E-state index contributed by atoms with van der Waals surface area (Å²) in [4.78, 5) is 36.4. The minimum absolute atomic E-state index is 0.134. The first-order valence-electron chi connectivity index (χ1n) is 6.28. The van der Waals surface area contributed by atoms with Crippen molar-refractivity contribution in [1.29, 1.82) is 0 Å². The van der Waals surface area contributed by atoms with Crippen molar-refractivity contribution in [2.45, 2.75) is 37.3 Å². The number of carbonyl (C=O) groups excluding carboxylic acids is 3. The van der Waals surface area contributed by atoms with E-state index in [1.165, 1.54) is 0 Å². The molecule has 0 bridgehead atoms. The Hall–Kier alpha value is -1.79. The fourth-order valence-corrected chi connectivity index (χ4v) is 2.62. The largest absolute Gasteiger partial charge is 0.335 e. The van der Waals surface area contributed by atoms with Crippen LogP contribution in [0.4, 0.5) is 9.59 Å². The van der Waals surface area contributed by atoms with Gasteiger partial charge in [0.15, 0.2) is 0 Å². The number of amides is 5. The van der Waals surface area contributed by atoms with Crippen LogP contribution in [0.5, 0.6) is 0 Å². The summed E-state index contributed by atoms with van der Waals surface area (Å²) in [6, 6.07) is -0.326. The summed E-state index contributed by atoms with van der Waals surface area (Å²) in [6.07, 6.45) is 3.69. The predicted molar refractivity (Wildman–Crippen MR) is 61.8 cm³/mol. The van der Waals surface area contributed by atoms with Crippen molar-refractivity contribution in [2.75, 3.05) is 13.1 Å². The monoisotopic (exact) mass is 252 g/mol. The number of hydrogen-bond donors (Lipinski definition) is 3. The molecule has 2 saturated heterocycles. The standard InChI is InChI=1S/C11H16N4O3/c16-8-11(14-9(17)13-8)4-5-15(6-11)10(18)12-7-2-1-3-7/h7H,1-6H2,(H,12,18)(H2,13,14,16,17). The Morgan fingerprint density at radius 1 is 1.39 bits per heavy atom. The van der Waals surface area contributed by atoms with Gasteiger partial charge in [-0.1, -0.05) is 0 Å². The highest BCUT2D eigenvalue weighted by molar-refractivity contribution is 6.07. The van der Waals surface area contributed by atoms with Gasteiger partial charge in [0.05, 0.1) is 6.54 Å². The number of urea groups is 2. The maximum absolute atomic E-state index is 11.9. The molecule has 2 heterocycles. The first-order chi connectivity index (χ1) is 8.59. The zero-order valence-corrected chi connectivity index (χ0v) is 9.99. The Morgan fingerprint density at radius 3 is 2.72 bits per heavy atom. The molecule has 18 heavy (non-hydrogen) atoms. The van der Waals surface area contributed by atoms with E-state index in [0.29, 0.717) is 13.0 Å². The SMILES string of the molecule is O=C1NC(=O)C2(CCN(C(=O)NC3CCC3)C2)N1. The first-order valence-corrected chi connectivity index (χ1v) is 6.28. The van der Waals surface area contributed by atoms with E-state index >= 15 is 0 Å². The minimum Gasteiger partial charge on any atom is -0.335 e. The Kier molecular flexibility index (Phi) is 2.42. The molecule has 7 nitrogen and oxygen atoms in total. The second-order valence-corrected chi connectivity index (χ2v) is 5.24. The molecule has 0 aromatic rings. The smallest absolute Gasteiger partial charge is 0.322 e. The summed E-state index contributed by atoms with van der Waals surface area (Å²) < 4.78 is 0. The van der Waals surface area contributed by atoms with E-state index in [2.05, 4.69) is 16.0 Å². The van der Waals surface area contributed by atoms with Gasteiger partial charge in [-0.05, 0) is 25.7 Å². The molecule has 3 aliphatic rings. The second kappa shape index (κ2) is 3.86. The molecular formula is C11H16N4O3. The number of nitrogens with one attached hydrogen (secondary N) is 3. The maximum Gasteiger partial charge on any atom is 0.322 e. The van der Waals surface area contributed by atoms with Gasteiger partial charge in [-0.2, -0.15) is 0 Å². The Labute approximate surface area is 104 Å². The van der Waals surface area contributed by atoms with Gasteiger partial charge in [0.25, 0.3) is 5.91 Å². The first kappa shape index (κ1) is 11.3. The van der Waals surface area contributed by atoms with Gasteiger partial charge in [-0.25, -0.2) is 9.59 Å². The molecule has 3 fully saturated rings. The molecule has 1 spiro atoms. The number of carbonyl (C=O) groups is 3. The summed E-state index contributed by atoms with van der Waals surface area (Å²) in [7, 11) is 0. The quantitative estimate of drug-likeness (QED) is 0.551. The van der Waals surface area contributed by atoms with Crippen LogP contribution >= 0.6 is 0 Å². The molecule has 5 amide bonds. The lowest BCUT2D eigenvalue weighted by Gasteiger charge is -2.29. The molecule has 7 heteroatoms. The average Bonchev–Trinajstić information content (AvgIpc) is 2.79. The molecule has 0 aromatic carbocycles. The van der Waals surface area contributed by atoms with Gasteiger partial charge in [-0.15, -0.1) is 0 Å². The molecule has 0 aromatic heterocycles. The average molecular weight is 252 g/mol. The van der Waals surface area contributed by atoms with Gasteiger partial charge < -0.3 is 15.5 Å². The topological polar surface area (TPSA) is 90.5 Å². The van der Waals surface area contributed by atoms with E-state index in [0.717, 1.165) is 19.3 Å². The Bertz CT molecular complexity index is 421. The van der Waals surface area contributed by atoms with Crippen LogP contribution in [0.15, 0.2) is 0 Å². The van der Waals surface area contributed by atoms with Gasteiger partial charge in [-0.3, -0.25) is 10.1 Å². The van der Waals surface area contributed by atoms with E-state index in [9.17, 15) is 14.4 Å². The van der Waals surface area contributed by atoms with Crippen molar-refractivity contribution in [3.63, 3.8) is 0 Å². The highest BCUT2D eigenvalue weighted by atomic mass is 16.2. The van der Waals surface area contributed by atoms with Gasteiger partial charge in [0, 0.05) is 12.6 Å². The Morgan fingerprint density at radius 2 is 2.17 bits per heavy atom. The van der Waals surface area contributed by atoms with Crippen molar-refractivity contribution in [1.82, 2.24) is 20.9 Å². The number of rotatable bonds is 1. The molecular weight excluding hydrogens is 236 g/mol. The zero-order valence-electron chi connectivity index (χ0n) is 9.99. The van der Waals surface area contributed by atoms with Crippen LogP contribution in [-0.4, -0.2) is 47.5 Å². The summed E-state index contributed by atoms with van der Waals surface area (Å²) in [6.45, 7) is 0.745. The lowest BCUT2D eigenvalue weighted by molar-refractivity contribution is -0.123. The molecule has 1 aliphatic carbocycles. The predicted octanol–water partition coefficient (Wildman–Crippen LogP) is -0.468. The summed E-state index contributed by atoms with van der Waals surface area (Å²) >= 11 is 0. The van der Waals surface area contributed by atoms with Crippen LogP contribution in [0.25, 0.3) is 0 Å². The van der Waals surface area contributed by atoms with E-state index in [-0.39, 0.29) is 24.5 Å². The van der Waals surface area contributed by atoms with Crippen LogP contribution in [0.1, 0.15) is 25.7 Å². The molecule has 2 aliphatic heterocycles. The Balaban J connectivity index is 1.62. The van der Waals surface area contributed by atoms with Crippen molar-refractivity contribution in [3.8, 4) is 0 Å². The number of hydrogen-bond acceptors (Lipinski definition) is 3. The van der Waals surface area contributed by atoms with Crippen molar-refractivity contribution >= 4 is 18.0 Å². The molecule has 1 unspecified atom stereocenters. The lowest BCUT2D eigenvalue weighted by atomic mass is 9.93. The molecule has 98 valence electrons. The molecule has 1 atom stereocenters. The fraction of sp³-hybridized carbons (Fsp3) is 0.727. The van der Waals surface area contributed by atoms with Gasteiger partial charge in [0.1, 0.15) is 5.54 Å².